The molecule has 3 aromatic carbocycles. The van der Waals surface area contributed by atoms with Crippen LogP contribution in [0.3, 0.4) is 0 Å². The molecule has 3 heterocycles. The molecule has 3 amide bonds. The standard InChI is InChI=1S/C30H29N3O3/c1-2-19-13-14-23-22(17-19)30(29(36)31-23)26-25(24(32-30)18-21-11-7-4-8-12-21)27(34)33(28(26)35)16-15-20-9-5-3-6-10-20/h3-14,17,24-26,32H,2,15-16,18H2,1H3,(H,31,36)/t24-,25+,26-,30-/m0/s1. The molecule has 2 N–H and O–H groups in total. The van der Waals surface area contributed by atoms with Crippen LogP contribution in [-0.2, 0) is 39.2 Å². The third kappa shape index (κ3) is 3.39. The number of likely N-dealkylation sites (tertiary alicyclic amines) is 1. The molecule has 182 valence electrons. The zero-order valence-corrected chi connectivity index (χ0v) is 20.2. The minimum absolute atomic E-state index is 0.181. The smallest absolute Gasteiger partial charge is 0.250 e. The molecule has 0 aliphatic carbocycles. The number of rotatable bonds is 6. The van der Waals surface area contributed by atoms with Crippen molar-refractivity contribution in [1.29, 1.82) is 0 Å². The highest BCUT2D eigenvalue weighted by Crippen LogP contribution is 2.53. The summed E-state index contributed by atoms with van der Waals surface area (Å²) in [6.07, 6.45) is 1.96. The Balaban J connectivity index is 1.41. The van der Waals surface area contributed by atoms with Gasteiger partial charge in [0, 0.05) is 23.8 Å². The van der Waals surface area contributed by atoms with Gasteiger partial charge in [-0.1, -0.05) is 79.7 Å². The summed E-state index contributed by atoms with van der Waals surface area (Å²) in [6, 6.07) is 25.4. The number of carbonyl (C=O) groups is 3. The van der Waals surface area contributed by atoms with Gasteiger partial charge in [0.1, 0.15) is 5.54 Å². The fraction of sp³-hybridized carbons (Fsp3) is 0.300. The first-order valence-corrected chi connectivity index (χ1v) is 12.7. The number of imide groups is 1. The minimum atomic E-state index is -1.25. The molecule has 6 nitrogen and oxygen atoms in total. The van der Waals surface area contributed by atoms with Crippen molar-refractivity contribution in [3.8, 4) is 0 Å². The van der Waals surface area contributed by atoms with E-state index in [4.69, 9.17) is 0 Å². The molecule has 4 atom stereocenters. The number of nitrogens with one attached hydrogen (secondary N) is 2. The van der Waals surface area contributed by atoms with E-state index in [9.17, 15) is 14.4 Å². The molecule has 0 bridgehead atoms. The van der Waals surface area contributed by atoms with Gasteiger partial charge >= 0.3 is 0 Å². The summed E-state index contributed by atoms with van der Waals surface area (Å²) in [5.41, 5.74) is 3.47. The van der Waals surface area contributed by atoms with Gasteiger partial charge in [-0.25, -0.2) is 0 Å². The molecule has 0 saturated carbocycles. The van der Waals surface area contributed by atoms with Gasteiger partial charge in [-0.3, -0.25) is 24.6 Å². The zero-order valence-electron chi connectivity index (χ0n) is 20.2. The van der Waals surface area contributed by atoms with Gasteiger partial charge in [0.2, 0.25) is 17.7 Å². The summed E-state index contributed by atoms with van der Waals surface area (Å²) in [7, 11) is 0. The normalized spacial score (nSPS) is 26.4. The van der Waals surface area contributed by atoms with E-state index in [1.807, 2.05) is 78.9 Å². The highest BCUT2D eigenvalue weighted by molar-refractivity contribution is 6.15. The molecule has 3 aliphatic heterocycles. The highest BCUT2D eigenvalue weighted by atomic mass is 16.2. The van der Waals surface area contributed by atoms with Gasteiger partial charge in [-0.2, -0.15) is 0 Å². The molecule has 36 heavy (non-hydrogen) atoms. The van der Waals surface area contributed by atoms with Crippen molar-refractivity contribution in [3.63, 3.8) is 0 Å². The van der Waals surface area contributed by atoms with Crippen LogP contribution in [0.2, 0.25) is 0 Å². The topological polar surface area (TPSA) is 78.5 Å². The summed E-state index contributed by atoms with van der Waals surface area (Å²) in [4.78, 5) is 42.9. The van der Waals surface area contributed by atoms with E-state index in [-0.39, 0.29) is 23.8 Å². The number of hydrogen-bond acceptors (Lipinski definition) is 4. The van der Waals surface area contributed by atoms with Crippen LogP contribution in [-0.4, -0.2) is 35.2 Å². The number of fused-ring (bicyclic) bond motifs is 4. The summed E-state index contributed by atoms with van der Waals surface area (Å²) < 4.78 is 0. The Labute approximate surface area is 210 Å². The molecular weight excluding hydrogens is 450 g/mol. The monoisotopic (exact) mass is 479 g/mol. The zero-order chi connectivity index (χ0) is 24.9. The molecule has 6 heteroatoms. The second-order valence-electron chi connectivity index (χ2n) is 10.0. The summed E-state index contributed by atoms with van der Waals surface area (Å²) in [6.45, 7) is 2.38. The van der Waals surface area contributed by atoms with Crippen molar-refractivity contribution in [2.45, 2.75) is 37.8 Å². The van der Waals surface area contributed by atoms with Crippen molar-refractivity contribution < 1.29 is 14.4 Å². The van der Waals surface area contributed by atoms with Crippen LogP contribution in [0.5, 0.6) is 0 Å². The molecule has 3 aliphatic rings. The maximum Gasteiger partial charge on any atom is 0.250 e. The molecule has 0 unspecified atom stereocenters. The van der Waals surface area contributed by atoms with E-state index < -0.39 is 17.4 Å². The van der Waals surface area contributed by atoms with Crippen LogP contribution < -0.4 is 10.6 Å². The second-order valence-corrected chi connectivity index (χ2v) is 10.0. The van der Waals surface area contributed by atoms with Crippen molar-refractivity contribution in [2.75, 3.05) is 11.9 Å². The molecule has 2 fully saturated rings. The predicted octanol–water partition coefficient (Wildman–Crippen LogP) is 3.45. The Morgan fingerprint density at radius 1 is 0.833 bits per heavy atom. The lowest BCUT2D eigenvalue weighted by molar-refractivity contribution is -0.142. The number of anilines is 1. The summed E-state index contributed by atoms with van der Waals surface area (Å²) in [5, 5.41) is 6.55. The van der Waals surface area contributed by atoms with Crippen LogP contribution in [0.25, 0.3) is 0 Å². The first-order chi connectivity index (χ1) is 17.5. The van der Waals surface area contributed by atoms with Crippen molar-refractivity contribution >= 4 is 23.4 Å². The fourth-order valence-corrected chi connectivity index (χ4v) is 6.28. The van der Waals surface area contributed by atoms with Crippen LogP contribution in [0.4, 0.5) is 5.69 Å². The summed E-state index contributed by atoms with van der Waals surface area (Å²) >= 11 is 0. The van der Waals surface area contributed by atoms with Gasteiger partial charge in [0.05, 0.1) is 11.8 Å². The van der Waals surface area contributed by atoms with Gasteiger partial charge < -0.3 is 5.32 Å². The van der Waals surface area contributed by atoms with Crippen molar-refractivity contribution in [2.24, 2.45) is 11.8 Å². The first-order valence-electron chi connectivity index (χ1n) is 12.7. The van der Waals surface area contributed by atoms with Crippen LogP contribution in [0.15, 0.2) is 78.9 Å². The third-order valence-electron chi connectivity index (χ3n) is 8.04. The van der Waals surface area contributed by atoms with Gasteiger partial charge in [-0.05, 0) is 42.0 Å². The molecular formula is C30H29N3O3. The van der Waals surface area contributed by atoms with Crippen LogP contribution in [0, 0.1) is 11.8 Å². The largest absolute Gasteiger partial charge is 0.324 e. The molecule has 0 radical (unpaired) electrons. The lowest BCUT2D eigenvalue weighted by Gasteiger charge is -2.30. The molecule has 6 rings (SSSR count). The Kier molecular flexibility index (Phi) is 5.49. The number of hydrogen-bond donors (Lipinski definition) is 2. The highest BCUT2D eigenvalue weighted by Gasteiger charge is 2.70. The molecule has 2 saturated heterocycles. The van der Waals surface area contributed by atoms with Gasteiger partial charge in [0.25, 0.3) is 0 Å². The van der Waals surface area contributed by atoms with E-state index in [1.165, 1.54) is 4.90 Å². The van der Waals surface area contributed by atoms with E-state index in [0.29, 0.717) is 25.1 Å². The third-order valence-corrected chi connectivity index (χ3v) is 8.04. The number of benzene rings is 3. The second kappa shape index (κ2) is 8.71. The number of carbonyl (C=O) groups excluding carboxylic acids is 3. The SMILES string of the molecule is CCc1ccc2c(c1)[C@@]1(N[C@@H](Cc3ccccc3)[C@H]3C(=O)N(CCc4ccccc4)C(=O)[C@H]31)C(=O)N2. The Morgan fingerprint density at radius 2 is 1.53 bits per heavy atom. The van der Waals surface area contributed by atoms with Crippen LogP contribution in [0.1, 0.15) is 29.2 Å². The van der Waals surface area contributed by atoms with E-state index in [0.717, 1.165) is 28.7 Å². The Bertz CT molecular complexity index is 1340. The van der Waals surface area contributed by atoms with E-state index >= 15 is 0 Å². The van der Waals surface area contributed by atoms with Gasteiger partial charge in [-0.15, -0.1) is 0 Å². The minimum Gasteiger partial charge on any atom is -0.324 e. The number of amides is 3. The first kappa shape index (κ1) is 22.7. The average molecular weight is 480 g/mol. The molecule has 1 spiro atoms. The lowest BCUT2D eigenvalue weighted by atomic mass is 9.76. The quantitative estimate of drug-likeness (QED) is 0.531. The van der Waals surface area contributed by atoms with Gasteiger partial charge in [0.15, 0.2) is 0 Å². The Hall–Kier alpha value is -3.77. The van der Waals surface area contributed by atoms with Crippen molar-refractivity contribution in [3.05, 3.63) is 101 Å². The summed E-state index contributed by atoms with van der Waals surface area (Å²) in [5.74, 6) is -2.06. The van der Waals surface area contributed by atoms with E-state index in [2.05, 4.69) is 17.6 Å². The maximum atomic E-state index is 14.0. The van der Waals surface area contributed by atoms with Crippen molar-refractivity contribution in [1.82, 2.24) is 10.2 Å². The number of aryl methyl sites for hydroxylation is 1. The predicted molar refractivity (Wildman–Crippen MR) is 137 cm³/mol. The lowest BCUT2D eigenvalue weighted by Crippen LogP contribution is -2.53. The number of nitrogens with zero attached hydrogens (tertiary/aromatic N) is 1. The molecule has 0 aromatic heterocycles. The average Bonchev–Trinajstić information content (AvgIpc) is 3.48. The fourth-order valence-electron chi connectivity index (χ4n) is 6.28. The molecule has 3 aromatic rings. The van der Waals surface area contributed by atoms with Crippen LogP contribution >= 0.6 is 0 Å². The maximum absolute atomic E-state index is 14.0. The Morgan fingerprint density at radius 3 is 2.22 bits per heavy atom. The van der Waals surface area contributed by atoms with E-state index in [1.54, 1.807) is 0 Å².